The summed E-state index contributed by atoms with van der Waals surface area (Å²) in [6.45, 7) is 0. The predicted molar refractivity (Wildman–Crippen MR) is 199 cm³/mol. The Morgan fingerprint density at radius 2 is 1.08 bits per heavy atom. The number of allylic oxidation sites excluding steroid dienone is 1. The van der Waals surface area contributed by atoms with Crippen LogP contribution in [0.5, 0.6) is 0 Å². The Morgan fingerprint density at radius 1 is 0.490 bits per heavy atom. The number of para-hydroxylation sites is 2. The van der Waals surface area contributed by atoms with Crippen LogP contribution < -0.4 is 10.6 Å². The second kappa shape index (κ2) is 12.2. The van der Waals surface area contributed by atoms with Gasteiger partial charge in [-0.3, -0.25) is 4.99 Å². The summed E-state index contributed by atoms with van der Waals surface area (Å²) in [4.78, 5) is 15.5. The van der Waals surface area contributed by atoms with E-state index in [-0.39, 0.29) is 6.17 Å². The van der Waals surface area contributed by atoms with Gasteiger partial charge >= 0.3 is 0 Å². The normalized spacial score (nSPS) is 16.3. The van der Waals surface area contributed by atoms with Crippen LogP contribution in [0.15, 0.2) is 189 Å². The molecule has 1 atom stereocenters. The number of amidine groups is 2. The fourth-order valence-corrected chi connectivity index (χ4v) is 6.53. The molecular weight excluding hydrogens is 603 g/mol. The Morgan fingerprint density at radius 3 is 1.78 bits per heavy atom. The number of fused-ring (bicyclic) bond motifs is 3. The van der Waals surface area contributed by atoms with E-state index in [0.717, 1.165) is 78.4 Å². The van der Waals surface area contributed by atoms with Crippen LogP contribution in [-0.2, 0) is 0 Å². The number of nitrogens with zero attached hydrogens (tertiary/aromatic N) is 3. The first-order valence-electron chi connectivity index (χ1n) is 16.4. The van der Waals surface area contributed by atoms with Crippen LogP contribution in [0.25, 0.3) is 33.1 Å². The topological polar surface area (TPSA) is 74.3 Å². The van der Waals surface area contributed by atoms with E-state index in [1.54, 1.807) is 0 Å². The minimum atomic E-state index is -0.506. The molecule has 2 aliphatic heterocycles. The number of hydrogen-bond donors (Lipinski definition) is 2. The lowest BCUT2D eigenvalue weighted by Gasteiger charge is -2.29. The molecule has 1 unspecified atom stereocenters. The first kappa shape index (κ1) is 28.7. The molecule has 6 heteroatoms. The monoisotopic (exact) mass is 633 g/mol. The first-order chi connectivity index (χ1) is 24.3. The highest BCUT2D eigenvalue weighted by Crippen LogP contribution is 2.36. The molecule has 0 saturated heterocycles. The molecule has 3 heterocycles. The van der Waals surface area contributed by atoms with E-state index in [4.69, 9.17) is 19.4 Å². The molecule has 0 amide bonds. The Balaban J connectivity index is 1.12. The van der Waals surface area contributed by atoms with Gasteiger partial charge in [-0.05, 0) is 28.8 Å². The lowest BCUT2D eigenvalue weighted by molar-refractivity contribution is 0.573. The molecule has 6 aromatic carbocycles. The van der Waals surface area contributed by atoms with E-state index in [9.17, 15) is 0 Å². The minimum Gasteiger partial charge on any atom is -0.455 e. The molecule has 1 aromatic heterocycles. The van der Waals surface area contributed by atoms with Gasteiger partial charge in [0.2, 0.25) is 0 Å². The lowest BCUT2D eigenvalue weighted by atomic mass is 9.98. The van der Waals surface area contributed by atoms with Crippen molar-refractivity contribution in [3.63, 3.8) is 0 Å². The van der Waals surface area contributed by atoms with Crippen LogP contribution in [0.3, 0.4) is 0 Å². The zero-order valence-electron chi connectivity index (χ0n) is 26.5. The third-order valence-corrected chi connectivity index (χ3v) is 8.99. The van der Waals surface area contributed by atoms with E-state index in [0.29, 0.717) is 0 Å². The van der Waals surface area contributed by atoms with Gasteiger partial charge in [0.1, 0.15) is 29.0 Å². The summed E-state index contributed by atoms with van der Waals surface area (Å²) in [6.07, 6.45) is 1.27. The van der Waals surface area contributed by atoms with Crippen LogP contribution in [-0.4, -0.2) is 23.5 Å². The second-order valence-electron chi connectivity index (χ2n) is 12.1. The maximum atomic E-state index is 6.34. The minimum absolute atomic E-state index is 0.305. The van der Waals surface area contributed by atoms with Gasteiger partial charge in [-0.1, -0.05) is 152 Å². The molecule has 6 nitrogen and oxygen atoms in total. The van der Waals surface area contributed by atoms with E-state index >= 15 is 0 Å². The van der Waals surface area contributed by atoms with Crippen molar-refractivity contribution in [3.05, 3.63) is 192 Å². The Kier molecular flexibility index (Phi) is 7.17. The van der Waals surface area contributed by atoms with E-state index in [1.165, 1.54) is 0 Å². The number of furan rings is 1. The third-order valence-electron chi connectivity index (χ3n) is 8.99. The summed E-state index contributed by atoms with van der Waals surface area (Å²) >= 11 is 0. The third kappa shape index (κ3) is 5.49. The molecule has 9 rings (SSSR count). The molecule has 0 fully saturated rings. The van der Waals surface area contributed by atoms with E-state index in [2.05, 4.69) is 108 Å². The molecule has 2 aliphatic rings. The van der Waals surface area contributed by atoms with Crippen molar-refractivity contribution >= 4 is 39.3 Å². The molecular formula is C43H31N5O. The van der Waals surface area contributed by atoms with Crippen molar-refractivity contribution in [3.8, 4) is 11.1 Å². The molecule has 0 bridgehead atoms. The van der Waals surface area contributed by atoms with Gasteiger partial charge in [0.25, 0.3) is 0 Å². The first-order valence-corrected chi connectivity index (χ1v) is 16.4. The van der Waals surface area contributed by atoms with Crippen LogP contribution >= 0.6 is 0 Å². The zero-order valence-corrected chi connectivity index (χ0v) is 26.5. The molecule has 0 aliphatic carbocycles. The number of aliphatic imine (C=N–C) groups is 3. The Bertz CT molecular complexity index is 2370. The van der Waals surface area contributed by atoms with Gasteiger partial charge in [0.15, 0.2) is 6.17 Å². The highest BCUT2D eigenvalue weighted by molar-refractivity contribution is 6.16. The summed E-state index contributed by atoms with van der Waals surface area (Å²) in [5.41, 5.74) is 9.73. The fraction of sp³-hybridized carbons (Fsp3) is 0.0465. The molecule has 49 heavy (non-hydrogen) atoms. The van der Waals surface area contributed by atoms with Crippen molar-refractivity contribution in [1.29, 1.82) is 0 Å². The quantitative estimate of drug-likeness (QED) is 0.192. The van der Waals surface area contributed by atoms with Gasteiger partial charge in [0, 0.05) is 27.5 Å². The number of nitrogens with one attached hydrogen (secondary N) is 2. The van der Waals surface area contributed by atoms with Gasteiger partial charge in [-0.15, -0.1) is 0 Å². The SMILES string of the molecule is C1=C(C2N=C(c3ccccc3)NC(c3ccccc3)=N2)NC(c2ccccc2)N=C1c1ccc(-c2cccc3c2oc2ccccc23)cc1. The van der Waals surface area contributed by atoms with Gasteiger partial charge < -0.3 is 15.1 Å². The van der Waals surface area contributed by atoms with Crippen molar-refractivity contribution in [2.75, 3.05) is 0 Å². The van der Waals surface area contributed by atoms with E-state index < -0.39 is 6.17 Å². The van der Waals surface area contributed by atoms with Crippen LogP contribution in [0.4, 0.5) is 0 Å². The van der Waals surface area contributed by atoms with E-state index in [1.807, 2.05) is 66.7 Å². The molecule has 0 radical (unpaired) electrons. The molecule has 0 spiro atoms. The van der Waals surface area contributed by atoms with Crippen molar-refractivity contribution in [2.45, 2.75) is 12.3 Å². The maximum Gasteiger partial charge on any atom is 0.184 e. The largest absolute Gasteiger partial charge is 0.455 e. The van der Waals surface area contributed by atoms with Crippen molar-refractivity contribution in [2.24, 2.45) is 15.0 Å². The fourth-order valence-electron chi connectivity index (χ4n) is 6.53. The standard InChI is InChI=1S/C43H31N5O/c1-4-13-30(14-5-1)40-44-36(29-25-23-28(24-26-29)33-20-12-21-35-34-19-10-11-22-38(34)49-39(33)35)27-37(45-40)43-47-41(31-15-6-2-7-16-31)46-42(48-43)32-17-8-3-9-18-32/h1-27,40,43,45H,(H,46,47,48). The van der Waals surface area contributed by atoms with Gasteiger partial charge in [-0.2, -0.15) is 0 Å². The Hall–Kier alpha value is -6.53. The van der Waals surface area contributed by atoms with Gasteiger partial charge in [-0.25, -0.2) is 9.98 Å². The molecule has 2 N–H and O–H groups in total. The maximum absolute atomic E-state index is 6.34. The highest BCUT2D eigenvalue weighted by Gasteiger charge is 2.27. The number of benzene rings is 6. The zero-order chi connectivity index (χ0) is 32.6. The summed E-state index contributed by atoms with van der Waals surface area (Å²) < 4.78 is 6.34. The Labute approximate surface area is 283 Å². The second-order valence-corrected chi connectivity index (χ2v) is 12.1. The smallest absolute Gasteiger partial charge is 0.184 e. The summed E-state index contributed by atoms with van der Waals surface area (Å²) in [7, 11) is 0. The number of rotatable bonds is 6. The summed E-state index contributed by atoms with van der Waals surface area (Å²) in [5.74, 6) is 1.54. The van der Waals surface area contributed by atoms with Crippen LogP contribution in [0.2, 0.25) is 0 Å². The van der Waals surface area contributed by atoms with Crippen molar-refractivity contribution in [1.82, 2.24) is 10.6 Å². The average molecular weight is 634 g/mol. The summed E-state index contributed by atoms with van der Waals surface area (Å²) in [5, 5.41) is 9.40. The van der Waals surface area contributed by atoms with Crippen molar-refractivity contribution < 1.29 is 4.42 Å². The molecule has 7 aromatic rings. The molecule has 234 valence electrons. The van der Waals surface area contributed by atoms with Crippen LogP contribution in [0.1, 0.15) is 28.4 Å². The average Bonchev–Trinajstić information content (AvgIpc) is 3.58. The van der Waals surface area contributed by atoms with Crippen LogP contribution in [0, 0.1) is 0 Å². The summed E-state index contributed by atoms with van der Waals surface area (Å²) in [6, 6.07) is 53.7. The lowest BCUT2D eigenvalue weighted by Crippen LogP contribution is -2.40. The molecule has 0 saturated carbocycles. The van der Waals surface area contributed by atoms with Gasteiger partial charge in [0.05, 0.1) is 11.4 Å². The number of hydrogen-bond acceptors (Lipinski definition) is 6. The highest BCUT2D eigenvalue weighted by atomic mass is 16.3. The predicted octanol–water partition coefficient (Wildman–Crippen LogP) is 9.05.